The minimum absolute atomic E-state index is 0.865. The average molecular weight is 219 g/mol. The molecule has 0 radical (unpaired) electrons. The van der Waals surface area contributed by atoms with Crippen molar-refractivity contribution in [2.24, 2.45) is 0 Å². The molecule has 0 aliphatic heterocycles. The first-order valence-corrected chi connectivity index (χ1v) is 5.93. The number of halogens is 1. The summed E-state index contributed by atoms with van der Waals surface area (Å²) in [7, 11) is 0. The van der Waals surface area contributed by atoms with Crippen molar-refractivity contribution in [1.82, 2.24) is 0 Å². The van der Waals surface area contributed by atoms with Crippen LogP contribution in [0.25, 0.3) is 0 Å². The monoisotopic (exact) mass is 218 g/mol. The molecule has 1 rings (SSSR count). The summed E-state index contributed by atoms with van der Waals surface area (Å²) in [4.78, 5) is 0. The first-order chi connectivity index (χ1) is 5.84. The molecule has 0 bridgehead atoms. The third-order valence-electron chi connectivity index (χ3n) is 1.45. The molecule has 0 saturated heterocycles. The molecule has 12 heavy (non-hydrogen) atoms. The summed E-state index contributed by atoms with van der Waals surface area (Å²) in [5, 5.41) is 0.865. The van der Waals surface area contributed by atoms with Crippen molar-refractivity contribution in [3.05, 3.63) is 34.9 Å². The summed E-state index contributed by atoms with van der Waals surface area (Å²) in [6.45, 7) is 0. The van der Waals surface area contributed by atoms with E-state index in [0.29, 0.717) is 0 Å². The molecule has 0 aliphatic carbocycles. The van der Waals surface area contributed by atoms with Gasteiger partial charge in [-0.15, -0.1) is 0 Å². The molecule has 66 valence electrons. The second-order valence-corrected chi connectivity index (χ2v) is 4.33. The van der Waals surface area contributed by atoms with E-state index in [-0.39, 0.29) is 0 Å². The summed E-state index contributed by atoms with van der Waals surface area (Å²) in [5.41, 5.74) is 1.21. The Kier molecular flexibility index (Phi) is 4.96. The van der Waals surface area contributed by atoms with E-state index < -0.39 is 0 Å². The highest BCUT2D eigenvalue weighted by Crippen LogP contribution is 2.20. The Bertz CT molecular complexity index is 238. The van der Waals surface area contributed by atoms with Gasteiger partial charge in [0.15, 0.2) is 0 Å². The summed E-state index contributed by atoms with van der Waals surface area (Å²) in [6.07, 6.45) is 0. The van der Waals surface area contributed by atoms with Gasteiger partial charge in [-0.05, 0) is 17.4 Å². The second-order valence-electron chi connectivity index (χ2n) is 2.37. The maximum Gasteiger partial charge on any atom is 0.0446 e. The van der Waals surface area contributed by atoms with Gasteiger partial charge >= 0.3 is 0 Å². The third-order valence-corrected chi connectivity index (χ3v) is 3.35. The lowest BCUT2D eigenvalue weighted by Crippen LogP contribution is -1.84. The predicted molar refractivity (Wildman–Crippen MR) is 61.5 cm³/mol. The normalized spacial score (nSPS) is 10.2. The van der Waals surface area contributed by atoms with E-state index in [0.717, 1.165) is 22.3 Å². The average Bonchev–Trinajstić information content (AvgIpc) is 2.09. The Morgan fingerprint density at radius 3 is 2.75 bits per heavy atom. The fourth-order valence-corrected chi connectivity index (χ4v) is 2.28. The zero-order valence-electron chi connectivity index (χ0n) is 6.66. The Balaban J connectivity index is 2.46. The lowest BCUT2D eigenvalue weighted by atomic mass is 10.2. The van der Waals surface area contributed by atoms with E-state index in [9.17, 15) is 0 Å². The number of rotatable bonds is 4. The van der Waals surface area contributed by atoms with Crippen molar-refractivity contribution in [3.63, 3.8) is 0 Å². The molecule has 3 heteroatoms. The molecule has 0 N–H and O–H groups in total. The summed E-state index contributed by atoms with van der Waals surface area (Å²) in [6, 6.07) is 7.96. The molecule has 0 heterocycles. The maximum atomic E-state index is 5.97. The van der Waals surface area contributed by atoms with Crippen LogP contribution in [-0.2, 0) is 5.75 Å². The first-order valence-electron chi connectivity index (χ1n) is 3.76. The minimum Gasteiger partial charge on any atom is -0.179 e. The zero-order valence-corrected chi connectivity index (χ0v) is 9.13. The molecule has 0 saturated carbocycles. The van der Waals surface area contributed by atoms with Crippen LogP contribution in [0.4, 0.5) is 0 Å². The first kappa shape index (κ1) is 10.3. The minimum atomic E-state index is 0.865. The fraction of sp³-hybridized carbons (Fsp3) is 0.333. The highest BCUT2D eigenvalue weighted by Gasteiger charge is 1.97. The van der Waals surface area contributed by atoms with Crippen LogP contribution in [0.3, 0.4) is 0 Å². The maximum absolute atomic E-state index is 5.97. The van der Waals surface area contributed by atoms with E-state index in [1.807, 2.05) is 30.0 Å². The largest absolute Gasteiger partial charge is 0.179 e. The molecule has 0 atom stereocenters. The van der Waals surface area contributed by atoms with Crippen LogP contribution in [0.2, 0.25) is 5.02 Å². The van der Waals surface area contributed by atoms with Crippen molar-refractivity contribution >= 4 is 36.0 Å². The number of hydrogen-bond donors (Lipinski definition) is 1. The van der Waals surface area contributed by atoms with Gasteiger partial charge in [0, 0.05) is 16.5 Å². The summed E-state index contributed by atoms with van der Waals surface area (Å²) in [5.74, 6) is 2.99. The quantitative estimate of drug-likeness (QED) is 0.596. The van der Waals surface area contributed by atoms with Crippen molar-refractivity contribution in [1.29, 1.82) is 0 Å². The van der Waals surface area contributed by atoms with Crippen LogP contribution in [0.1, 0.15) is 5.56 Å². The van der Waals surface area contributed by atoms with E-state index in [1.54, 1.807) is 0 Å². The Labute approximate surface area is 88.1 Å². The zero-order chi connectivity index (χ0) is 8.81. The van der Waals surface area contributed by atoms with Crippen LogP contribution in [0, 0.1) is 0 Å². The molecule has 0 fully saturated rings. The highest BCUT2D eigenvalue weighted by molar-refractivity contribution is 7.99. The standard InChI is InChI=1S/C9H11ClS2/c10-9-4-2-1-3-8(9)7-12-6-5-11/h1-4,11H,5-7H2. The van der Waals surface area contributed by atoms with Gasteiger partial charge in [-0.3, -0.25) is 0 Å². The van der Waals surface area contributed by atoms with Crippen LogP contribution < -0.4 is 0 Å². The Morgan fingerprint density at radius 1 is 1.33 bits per heavy atom. The van der Waals surface area contributed by atoms with Gasteiger partial charge in [-0.2, -0.15) is 24.4 Å². The van der Waals surface area contributed by atoms with E-state index >= 15 is 0 Å². The van der Waals surface area contributed by atoms with Gasteiger partial charge in [-0.25, -0.2) is 0 Å². The molecule has 0 aliphatic rings. The van der Waals surface area contributed by atoms with Gasteiger partial charge < -0.3 is 0 Å². The number of hydrogen-bond acceptors (Lipinski definition) is 2. The lowest BCUT2D eigenvalue weighted by Gasteiger charge is -2.01. The van der Waals surface area contributed by atoms with Crippen molar-refractivity contribution in [2.75, 3.05) is 11.5 Å². The number of thiol groups is 1. The van der Waals surface area contributed by atoms with E-state index in [1.165, 1.54) is 5.56 Å². The van der Waals surface area contributed by atoms with Crippen LogP contribution >= 0.6 is 36.0 Å². The molecule has 1 aromatic carbocycles. The molecule has 0 spiro atoms. The fourth-order valence-electron chi connectivity index (χ4n) is 0.862. The van der Waals surface area contributed by atoms with Crippen molar-refractivity contribution in [2.45, 2.75) is 5.75 Å². The molecule has 0 aromatic heterocycles. The molecule has 0 amide bonds. The molecule has 0 unspecified atom stereocenters. The number of benzene rings is 1. The van der Waals surface area contributed by atoms with Gasteiger partial charge in [-0.1, -0.05) is 29.8 Å². The van der Waals surface area contributed by atoms with E-state index in [2.05, 4.69) is 18.7 Å². The highest BCUT2D eigenvalue weighted by atomic mass is 35.5. The Hall–Kier alpha value is 0.210. The van der Waals surface area contributed by atoms with Crippen LogP contribution in [0.5, 0.6) is 0 Å². The molecule has 1 aromatic rings. The van der Waals surface area contributed by atoms with Crippen LogP contribution in [-0.4, -0.2) is 11.5 Å². The van der Waals surface area contributed by atoms with Crippen LogP contribution in [0.15, 0.2) is 24.3 Å². The van der Waals surface area contributed by atoms with Crippen molar-refractivity contribution in [3.8, 4) is 0 Å². The second kappa shape index (κ2) is 5.79. The van der Waals surface area contributed by atoms with Crippen molar-refractivity contribution < 1.29 is 0 Å². The summed E-state index contributed by atoms with van der Waals surface area (Å²) < 4.78 is 0. The van der Waals surface area contributed by atoms with E-state index in [4.69, 9.17) is 11.6 Å². The molecular weight excluding hydrogens is 208 g/mol. The number of thioether (sulfide) groups is 1. The third kappa shape index (κ3) is 3.30. The van der Waals surface area contributed by atoms with Gasteiger partial charge in [0.1, 0.15) is 0 Å². The molecular formula is C9H11ClS2. The predicted octanol–water partition coefficient (Wildman–Crippen LogP) is 3.50. The summed E-state index contributed by atoms with van der Waals surface area (Å²) >= 11 is 12.0. The smallest absolute Gasteiger partial charge is 0.0446 e. The SMILES string of the molecule is SCCSCc1ccccc1Cl. The molecule has 0 nitrogen and oxygen atoms in total. The van der Waals surface area contributed by atoms with Gasteiger partial charge in [0.25, 0.3) is 0 Å². The topological polar surface area (TPSA) is 0 Å². The van der Waals surface area contributed by atoms with Gasteiger partial charge in [0.2, 0.25) is 0 Å². The Morgan fingerprint density at radius 2 is 2.08 bits per heavy atom. The lowest BCUT2D eigenvalue weighted by molar-refractivity contribution is 1.40. The van der Waals surface area contributed by atoms with Gasteiger partial charge in [0.05, 0.1) is 0 Å².